The molecule has 1 aromatic rings. The van der Waals surface area contributed by atoms with Crippen LogP contribution in [0.1, 0.15) is 37.0 Å². The number of hydrogen-bond acceptors (Lipinski definition) is 3. The van der Waals surface area contributed by atoms with Crippen LogP contribution in [0.25, 0.3) is 0 Å². The maximum Gasteiger partial charge on any atom is 0.254 e. The van der Waals surface area contributed by atoms with Crippen LogP contribution in [0.2, 0.25) is 0 Å². The Morgan fingerprint density at radius 3 is 2.43 bits per heavy atom. The SMILES string of the molecule is CC(C)CCCNC(=O)c1cc(S(N)(=O)=O)c(F)cc1F. The fourth-order valence-corrected chi connectivity index (χ4v) is 2.34. The Morgan fingerprint density at radius 2 is 1.90 bits per heavy atom. The number of nitrogens with two attached hydrogens (primary N) is 1. The van der Waals surface area contributed by atoms with E-state index < -0.39 is 38.0 Å². The molecule has 1 amide bonds. The second-order valence-corrected chi connectivity index (χ2v) is 6.63. The highest BCUT2D eigenvalue weighted by Crippen LogP contribution is 2.18. The van der Waals surface area contributed by atoms with Crippen molar-refractivity contribution in [1.29, 1.82) is 0 Å². The molecule has 0 atom stereocenters. The smallest absolute Gasteiger partial charge is 0.254 e. The molecule has 0 aromatic heterocycles. The lowest BCUT2D eigenvalue weighted by atomic mass is 10.1. The summed E-state index contributed by atoms with van der Waals surface area (Å²) < 4.78 is 49.2. The number of halogens is 2. The van der Waals surface area contributed by atoms with Crippen molar-refractivity contribution in [3.05, 3.63) is 29.3 Å². The zero-order valence-corrected chi connectivity index (χ0v) is 12.6. The normalized spacial score (nSPS) is 11.7. The molecule has 5 nitrogen and oxygen atoms in total. The number of benzene rings is 1. The van der Waals surface area contributed by atoms with Crippen molar-refractivity contribution >= 4 is 15.9 Å². The molecule has 1 rings (SSSR count). The summed E-state index contributed by atoms with van der Waals surface area (Å²) >= 11 is 0. The van der Waals surface area contributed by atoms with E-state index in [0.29, 0.717) is 31.0 Å². The Hall–Kier alpha value is -1.54. The van der Waals surface area contributed by atoms with Crippen molar-refractivity contribution in [3.63, 3.8) is 0 Å². The molecule has 0 aliphatic heterocycles. The van der Waals surface area contributed by atoms with E-state index in [1.807, 2.05) is 13.8 Å². The minimum Gasteiger partial charge on any atom is -0.352 e. The summed E-state index contributed by atoms with van der Waals surface area (Å²) in [5.74, 6) is -2.80. The average Bonchev–Trinajstić information content (AvgIpc) is 2.32. The second-order valence-electron chi connectivity index (χ2n) is 5.10. The molecule has 3 N–H and O–H groups in total. The van der Waals surface area contributed by atoms with E-state index in [4.69, 9.17) is 5.14 Å². The van der Waals surface area contributed by atoms with Gasteiger partial charge in [0.1, 0.15) is 16.5 Å². The van der Waals surface area contributed by atoms with Crippen LogP contribution in [0.3, 0.4) is 0 Å². The molecule has 0 radical (unpaired) electrons. The number of amides is 1. The van der Waals surface area contributed by atoms with Crippen molar-refractivity contribution in [1.82, 2.24) is 5.32 Å². The van der Waals surface area contributed by atoms with Crippen molar-refractivity contribution < 1.29 is 22.0 Å². The first-order chi connectivity index (χ1) is 9.62. The second kappa shape index (κ2) is 6.95. The lowest BCUT2D eigenvalue weighted by molar-refractivity contribution is 0.0948. The van der Waals surface area contributed by atoms with E-state index in [-0.39, 0.29) is 0 Å². The summed E-state index contributed by atoms with van der Waals surface area (Å²) in [7, 11) is -4.36. The Bertz CT molecular complexity index is 631. The maximum absolute atomic E-state index is 13.6. The van der Waals surface area contributed by atoms with Gasteiger partial charge < -0.3 is 5.32 Å². The minimum atomic E-state index is -4.36. The third kappa shape index (κ3) is 5.05. The van der Waals surface area contributed by atoms with Gasteiger partial charge in [0, 0.05) is 12.6 Å². The third-order valence-electron chi connectivity index (χ3n) is 2.82. The predicted octanol–water partition coefficient (Wildman–Crippen LogP) is 1.78. The van der Waals surface area contributed by atoms with Gasteiger partial charge >= 0.3 is 0 Å². The highest BCUT2D eigenvalue weighted by Gasteiger charge is 2.21. The summed E-state index contributed by atoms with van der Waals surface area (Å²) in [5.41, 5.74) is -0.551. The third-order valence-corrected chi connectivity index (χ3v) is 3.74. The van der Waals surface area contributed by atoms with Crippen molar-refractivity contribution in [2.45, 2.75) is 31.6 Å². The van der Waals surface area contributed by atoms with Crippen LogP contribution in [0, 0.1) is 17.6 Å². The molecule has 0 bridgehead atoms. The number of hydrogen-bond donors (Lipinski definition) is 2. The molecule has 1 aromatic carbocycles. The molecule has 0 aliphatic rings. The first-order valence-electron chi connectivity index (χ1n) is 6.43. The van der Waals surface area contributed by atoms with E-state index in [1.54, 1.807) is 0 Å². The van der Waals surface area contributed by atoms with Gasteiger partial charge in [-0.2, -0.15) is 0 Å². The fourth-order valence-electron chi connectivity index (χ4n) is 1.73. The van der Waals surface area contributed by atoms with Crippen LogP contribution < -0.4 is 10.5 Å². The number of nitrogens with one attached hydrogen (secondary N) is 1. The molecule has 21 heavy (non-hydrogen) atoms. The standard InChI is InChI=1S/C13H18F2N2O3S/c1-8(2)4-3-5-17-13(18)9-6-12(21(16,19)20)11(15)7-10(9)14/h6-8H,3-5H2,1-2H3,(H,17,18)(H2,16,19,20). The minimum absolute atomic E-state index is 0.318. The summed E-state index contributed by atoms with van der Waals surface area (Å²) in [5, 5.41) is 7.27. The molecule has 0 heterocycles. The van der Waals surface area contributed by atoms with Gasteiger partial charge in [-0.15, -0.1) is 0 Å². The highest BCUT2D eigenvalue weighted by molar-refractivity contribution is 7.89. The summed E-state index contributed by atoms with van der Waals surface area (Å²) in [4.78, 5) is 10.9. The molecule has 0 fully saturated rings. The van der Waals surface area contributed by atoms with E-state index in [0.717, 1.165) is 6.42 Å². The van der Waals surface area contributed by atoms with Gasteiger partial charge in [-0.1, -0.05) is 13.8 Å². The van der Waals surface area contributed by atoms with E-state index in [2.05, 4.69) is 5.32 Å². The predicted molar refractivity (Wildman–Crippen MR) is 74.1 cm³/mol. The van der Waals surface area contributed by atoms with Crippen molar-refractivity contribution in [2.75, 3.05) is 6.54 Å². The van der Waals surface area contributed by atoms with Crippen molar-refractivity contribution in [2.24, 2.45) is 11.1 Å². The van der Waals surface area contributed by atoms with Crippen molar-refractivity contribution in [3.8, 4) is 0 Å². The molecular weight excluding hydrogens is 302 g/mol. The lowest BCUT2D eigenvalue weighted by Crippen LogP contribution is -2.26. The van der Waals surface area contributed by atoms with Gasteiger partial charge in [-0.25, -0.2) is 22.3 Å². The number of carbonyl (C=O) groups excluding carboxylic acids is 1. The quantitative estimate of drug-likeness (QED) is 0.783. The fraction of sp³-hybridized carbons (Fsp3) is 0.462. The summed E-state index contributed by atoms with van der Waals surface area (Å²) in [6, 6.07) is 0.945. The number of primary sulfonamides is 1. The topological polar surface area (TPSA) is 89.3 Å². The summed E-state index contributed by atoms with van der Waals surface area (Å²) in [6.45, 7) is 4.37. The number of carbonyl (C=O) groups is 1. The largest absolute Gasteiger partial charge is 0.352 e. The summed E-state index contributed by atoms with van der Waals surface area (Å²) in [6.07, 6.45) is 1.59. The van der Waals surface area contributed by atoms with Gasteiger partial charge in [0.25, 0.3) is 5.91 Å². The van der Waals surface area contributed by atoms with Crippen LogP contribution in [0.4, 0.5) is 8.78 Å². The number of rotatable bonds is 6. The molecule has 0 spiro atoms. The van der Waals surface area contributed by atoms with E-state index in [1.165, 1.54) is 0 Å². The first kappa shape index (κ1) is 17.5. The molecule has 0 unspecified atom stereocenters. The zero-order chi connectivity index (χ0) is 16.2. The molecule has 0 saturated carbocycles. The van der Waals surface area contributed by atoms with Gasteiger partial charge in [0.15, 0.2) is 0 Å². The van der Waals surface area contributed by atoms with Gasteiger partial charge in [0.2, 0.25) is 10.0 Å². The van der Waals surface area contributed by atoms with Crippen LogP contribution in [-0.4, -0.2) is 20.9 Å². The van der Waals surface area contributed by atoms with Crippen LogP contribution in [0.15, 0.2) is 17.0 Å². The van der Waals surface area contributed by atoms with Gasteiger partial charge in [0.05, 0.1) is 5.56 Å². The van der Waals surface area contributed by atoms with Gasteiger partial charge in [-0.05, 0) is 24.8 Å². The van der Waals surface area contributed by atoms with Crippen LogP contribution >= 0.6 is 0 Å². The average molecular weight is 320 g/mol. The van der Waals surface area contributed by atoms with E-state index in [9.17, 15) is 22.0 Å². The number of sulfonamides is 1. The first-order valence-corrected chi connectivity index (χ1v) is 7.97. The molecule has 0 saturated heterocycles. The molecular formula is C13H18F2N2O3S. The monoisotopic (exact) mass is 320 g/mol. The zero-order valence-electron chi connectivity index (χ0n) is 11.8. The lowest BCUT2D eigenvalue weighted by Gasteiger charge is -2.09. The Balaban J connectivity index is 2.90. The molecule has 118 valence electrons. The molecule has 0 aliphatic carbocycles. The Morgan fingerprint density at radius 1 is 1.29 bits per heavy atom. The van der Waals surface area contributed by atoms with Crippen LogP contribution in [0.5, 0.6) is 0 Å². The van der Waals surface area contributed by atoms with E-state index >= 15 is 0 Å². The maximum atomic E-state index is 13.6. The Labute approximate surface area is 122 Å². The van der Waals surface area contributed by atoms with Gasteiger partial charge in [-0.3, -0.25) is 4.79 Å². The Kier molecular flexibility index (Phi) is 5.79. The molecule has 8 heteroatoms. The highest BCUT2D eigenvalue weighted by atomic mass is 32.2. The van der Waals surface area contributed by atoms with Crippen LogP contribution in [-0.2, 0) is 10.0 Å².